The maximum Gasteiger partial charge on any atom is 0.270 e. The van der Waals surface area contributed by atoms with Crippen LogP contribution in [0.25, 0.3) is 0 Å². The first kappa shape index (κ1) is 13.5. The lowest BCUT2D eigenvalue weighted by atomic mass is 10.2. The smallest absolute Gasteiger partial charge is 0.270 e. The second kappa shape index (κ2) is 5.34. The number of likely N-dealkylation sites (tertiary alicyclic amines) is 1. The second-order valence-corrected chi connectivity index (χ2v) is 4.88. The van der Waals surface area contributed by atoms with Crippen molar-refractivity contribution in [2.24, 2.45) is 0 Å². The number of nitrogens with zero attached hydrogens (tertiary/aromatic N) is 2. The van der Waals surface area contributed by atoms with E-state index in [1.807, 2.05) is 11.5 Å². The van der Waals surface area contributed by atoms with Crippen molar-refractivity contribution in [2.75, 3.05) is 18.8 Å². The Kier molecular flexibility index (Phi) is 3.78. The lowest BCUT2D eigenvalue weighted by molar-refractivity contribution is -0.119. The molecule has 6 nitrogen and oxygen atoms in total. The topological polar surface area (TPSA) is 80.4 Å². The molecule has 1 aromatic heterocycles. The van der Waals surface area contributed by atoms with E-state index in [-0.39, 0.29) is 17.9 Å². The van der Waals surface area contributed by atoms with E-state index < -0.39 is 0 Å². The quantitative estimate of drug-likeness (QED) is 0.831. The molecule has 2 heterocycles. The van der Waals surface area contributed by atoms with E-state index in [1.165, 1.54) is 6.92 Å². The van der Waals surface area contributed by atoms with Gasteiger partial charge in [-0.25, -0.2) is 0 Å². The Morgan fingerprint density at radius 3 is 2.89 bits per heavy atom. The number of rotatable bonds is 3. The monoisotopic (exact) mass is 264 g/mol. The minimum atomic E-state index is -0.0551. The van der Waals surface area contributed by atoms with E-state index in [4.69, 9.17) is 5.73 Å². The van der Waals surface area contributed by atoms with Gasteiger partial charge in [-0.3, -0.25) is 9.59 Å². The number of anilines is 1. The number of carbonyl (C=O) groups excluding carboxylic acids is 2. The summed E-state index contributed by atoms with van der Waals surface area (Å²) in [6, 6.07) is 1.77. The number of aromatic nitrogens is 1. The van der Waals surface area contributed by atoms with Gasteiger partial charge in [0, 0.05) is 38.8 Å². The maximum atomic E-state index is 12.4. The number of nitrogens with two attached hydrogens (primary N) is 1. The molecule has 1 fully saturated rings. The van der Waals surface area contributed by atoms with E-state index >= 15 is 0 Å². The molecule has 19 heavy (non-hydrogen) atoms. The highest BCUT2D eigenvalue weighted by Crippen LogP contribution is 2.17. The molecule has 6 heteroatoms. The lowest BCUT2D eigenvalue weighted by Crippen LogP contribution is -2.37. The minimum absolute atomic E-state index is 0.0218. The van der Waals surface area contributed by atoms with Crippen molar-refractivity contribution in [3.63, 3.8) is 0 Å². The third-order valence-corrected chi connectivity index (χ3v) is 3.36. The molecule has 3 N–H and O–H groups in total. The fraction of sp³-hybridized carbons (Fsp3) is 0.538. The molecule has 1 aromatic rings. The normalized spacial score (nSPS) is 18.6. The highest BCUT2D eigenvalue weighted by molar-refractivity contribution is 5.94. The number of carbonyl (C=O) groups is 2. The standard InChI is InChI=1S/C13H20N4O2/c1-3-16-7-10(14)6-12(16)13(19)17-5-4-11(8-17)15-9(2)18/h6-7,11H,3-5,8,14H2,1-2H3,(H,15,18). The van der Waals surface area contributed by atoms with Crippen LogP contribution in [0.3, 0.4) is 0 Å². The second-order valence-electron chi connectivity index (χ2n) is 4.88. The molecule has 0 saturated carbocycles. The van der Waals surface area contributed by atoms with E-state index in [0.717, 1.165) is 6.42 Å². The maximum absolute atomic E-state index is 12.4. The number of hydrogen-bond acceptors (Lipinski definition) is 3. The highest BCUT2D eigenvalue weighted by atomic mass is 16.2. The summed E-state index contributed by atoms with van der Waals surface area (Å²) in [4.78, 5) is 25.2. The predicted octanol–water partition coefficient (Wildman–Crippen LogP) is 0.441. The molecule has 0 aliphatic carbocycles. The molecule has 0 radical (unpaired) electrons. The van der Waals surface area contributed by atoms with E-state index in [2.05, 4.69) is 5.32 Å². The average molecular weight is 264 g/mol. The van der Waals surface area contributed by atoms with Crippen LogP contribution in [0.1, 0.15) is 30.8 Å². The van der Waals surface area contributed by atoms with Crippen LogP contribution < -0.4 is 11.1 Å². The van der Waals surface area contributed by atoms with E-state index in [9.17, 15) is 9.59 Å². The van der Waals surface area contributed by atoms with Gasteiger partial charge in [-0.05, 0) is 19.4 Å². The van der Waals surface area contributed by atoms with Crippen molar-refractivity contribution >= 4 is 17.5 Å². The summed E-state index contributed by atoms with van der Waals surface area (Å²) in [5, 5.41) is 2.85. The molecule has 1 saturated heterocycles. The summed E-state index contributed by atoms with van der Waals surface area (Å²) >= 11 is 0. The largest absolute Gasteiger partial charge is 0.397 e. The van der Waals surface area contributed by atoms with E-state index in [1.54, 1.807) is 17.2 Å². The molecule has 1 atom stereocenters. The van der Waals surface area contributed by atoms with Crippen molar-refractivity contribution in [1.82, 2.24) is 14.8 Å². The lowest BCUT2D eigenvalue weighted by Gasteiger charge is -2.17. The third-order valence-electron chi connectivity index (χ3n) is 3.36. The van der Waals surface area contributed by atoms with Crippen LogP contribution in [0, 0.1) is 0 Å². The number of amides is 2. The fourth-order valence-electron chi connectivity index (χ4n) is 2.49. The molecular weight excluding hydrogens is 244 g/mol. The van der Waals surface area contributed by atoms with Gasteiger partial charge in [0.15, 0.2) is 0 Å². The van der Waals surface area contributed by atoms with Gasteiger partial charge in [0.25, 0.3) is 5.91 Å². The van der Waals surface area contributed by atoms with Gasteiger partial charge in [-0.15, -0.1) is 0 Å². The Morgan fingerprint density at radius 2 is 2.26 bits per heavy atom. The Balaban J connectivity index is 2.06. The zero-order valence-corrected chi connectivity index (χ0v) is 11.3. The van der Waals surface area contributed by atoms with Crippen LogP contribution in [-0.2, 0) is 11.3 Å². The first-order chi connectivity index (χ1) is 9.01. The molecule has 2 amide bonds. The van der Waals surface area contributed by atoms with Gasteiger partial charge in [-0.2, -0.15) is 0 Å². The fourth-order valence-corrected chi connectivity index (χ4v) is 2.49. The third kappa shape index (κ3) is 2.89. The van der Waals surface area contributed by atoms with Crippen LogP contribution in [0.15, 0.2) is 12.3 Å². The molecule has 0 bridgehead atoms. The summed E-state index contributed by atoms with van der Waals surface area (Å²) in [7, 11) is 0. The van der Waals surface area contributed by atoms with Crippen molar-refractivity contribution in [1.29, 1.82) is 0 Å². The number of nitrogens with one attached hydrogen (secondary N) is 1. The van der Waals surface area contributed by atoms with Crippen molar-refractivity contribution in [3.8, 4) is 0 Å². The Labute approximate surface area is 112 Å². The van der Waals surface area contributed by atoms with Gasteiger partial charge < -0.3 is 20.5 Å². The molecule has 2 rings (SSSR count). The average Bonchev–Trinajstić information content (AvgIpc) is 2.94. The SMILES string of the molecule is CCn1cc(N)cc1C(=O)N1CCC(NC(C)=O)C1. The highest BCUT2D eigenvalue weighted by Gasteiger charge is 2.28. The molecule has 1 aliphatic heterocycles. The van der Waals surface area contributed by atoms with Crippen molar-refractivity contribution in [3.05, 3.63) is 18.0 Å². The minimum Gasteiger partial charge on any atom is -0.397 e. The number of aryl methyl sites for hydroxylation is 1. The van der Waals surface area contributed by atoms with Gasteiger partial charge in [0.05, 0.1) is 5.69 Å². The van der Waals surface area contributed by atoms with Crippen molar-refractivity contribution < 1.29 is 9.59 Å². The predicted molar refractivity (Wildman–Crippen MR) is 72.6 cm³/mol. The number of nitrogen functional groups attached to an aromatic ring is 1. The Bertz CT molecular complexity index is 495. The molecule has 0 aromatic carbocycles. The Morgan fingerprint density at radius 1 is 1.53 bits per heavy atom. The van der Waals surface area contributed by atoms with Crippen LogP contribution in [-0.4, -0.2) is 40.4 Å². The summed E-state index contributed by atoms with van der Waals surface area (Å²) in [6.07, 6.45) is 2.57. The van der Waals surface area contributed by atoms with Gasteiger partial charge in [0.1, 0.15) is 5.69 Å². The van der Waals surface area contributed by atoms with Crippen LogP contribution >= 0.6 is 0 Å². The molecule has 1 aliphatic rings. The van der Waals surface area contributed by atoms with Crippen LogP contribution in [0.4, 0.5) is 5.69 Å². The van der Waals surface area contributed by atoms with Crippen LogP contribution in [0.2, 0.25) is 0 Å². The van der Waals surface area contributed by atoms with E-state index in [0.29, 0.717) is 31.0 Å². The summed E-state index contributed by atoms with van der Waals surface area (Å²) in [6.45, 7) is 5.40. The summed E-state index contributed by atoms with van der Waals surface area (Å²) < 4.78 is 1.85. The first-order valence-electron chi connectivity index (χ1n) is 6.53. The molecule has 104 valence electrons. The van der Waals surface area contributed by atoms with Gasteiger partial charge >= 0.3 is 0 Å². The summed E-state index contributed by atoms with van der Waals surface area (Å²) in [5.41, 5.74) is 6.95. The summed E-state index contributed by atoms with van der Waals surface area (Å²) in [5.74, 6) is -0.0770. The first-order valence-corrected chi connectivity index (χ1v) is 6.53. The zero-order valence-electron chi connectivity index (χ0n) is 11.3. The Hall–Kier alpha value is -1.98. The van der Waals surface area contributed by atoms with Gasteiger partial charge in [0.2, 0.25) is 5.91 Å². The molecular formula is C13H20N4O2. The van der Waals surface area contributed by atoms with Crippen LogP contribution in [0.5, 0.6) is 0 Å². The zero-order chi connectivity index (χ0) is 14.0. The van der Waals surface area contributed by atoms with Gasteiger partial charge in [-0.1, -0.05) is 0 Å². The molecule has 1 unspecified atom stereocenters. The van der Waals surface area contributed by atoms with Crippen molar-refractivity contribution in [2.45, 2.75) is 32.9 Å². The number of hydrogen-bond donors (Lipinski definition) is 2. The molecule has 0 spiro atoms.